The Morgan fingerprint density at radius 2 is 1.62 bits per heavy atom. The number of sulfonamides is 1. The number of piperidine rings is 1. The number of rotatable bonds is 8. The summed E-state index contributed by atoms with van der Waals surface area (Å²) < 4.78 is 40.7. The molecule has 0 radical (unpaired) electrons. The van der Waals surface area contributed by atoms with E-state index in [0.29, 0.717) is 31.0 Å². The SMILES string of the molecule is CCN(CC)C(=O)[C@H](NC(=O)c1ccc(F)cc1)C1CCN(S(=O)(=O)c2ccc(Cl)cc2)CC1. The van der Waals surface area contributed by atoms with E-state index in [1.54, 1.807) is 4.90 Å². The van der Waals surface area contributed by atoms with Crippen molar-refractivity contribution in [2.45, 2.75) is 37.6 Å². The number of benzene rings is 2. The molecule has 1 N–H and O–H groups in total. The highest BCUT2D eigenvalue weighted by Crippen LogP contribution is 2.27. The standard InChI is InChI=1S/C24H29ClFN3O4S/c1-3-28(4-2)24(31)22(27-23(30)18-5-9-20(26)10-6-18)17-13-15-29(16-14-17)34(32,33)21-11-7-19(25)8-12-21/h5-12,17,22H,3-4,13-16H2,1-2H3,(H,27,30)/t22-/m1/s1. The fourth-order valence-electron chi connectivity index (χ4n) is 4.14. The van der Waals surface area contributed by atoms with Gasteiger partial charge in [-0.2, -0.15) is 4.31 Å². The maximum atomic E-state index is 13.3. The normalized spacial score (nSPS) is 16.1. The zero-order valence-electron chi connectivity index (χ0n) is 19.2. The summed E-state index contributed by atoms with van der Waals surface area (Å²) in [6, 6.07) is 10.3. The van der Waals surface area contributed by atoms with Crippen LogP contribution in [-0.2, 0) is 14.8 Å². The monoisotopic (exact) mass is 509 g/mol. The van der Waals surface area contributed by atoms with Crippen LogP contribution in [0.1, 0.15) is 37.0 Å². The fourth-order valence-corrected chi connectivity index (χ4v) is 5.74. The summed E-state index contributed by atoms with van der Waals surface area (Å²) in [6.07, 6.45) is 0.822. The molecule has 3 rings (SSSR count). The first-order chi connectivity index (χ1) is 16.2. The molecule has 0 bridgehead atoms. The van der Waals surface area contributed by atoms with Crippen molar-refractivity contribution in [2.24, 2.45) is 5.92 Å². The predicted octanol–water partition coefficient (Wildman–Crippen LogP) is 3.55. The lowest BCUT2D eigenvalue weighted by molar-refractivity contribution is -0.134. The molecular formula is C24H29ClFN3O4S. The second kappa shape index (κ2) is 11.3. The van der Waals surface area contributed by atoms with Gasteiger partial charge < -0.3 is 10.2 Å². The molecule has 34 heavy (non-hydrogen) atoms. The van der Waals surface area contributed by atoms with Gasteiger partial charge in [-0.15, -0.1) is 0 Å². The number of likely N-dealkylation sites (N-methyl/N-ethyl adjacent to an activating group) is 1. The Hall–Kier alpha value is -2.49. The van der Waals surface area contributed by atoms with Crippen LogP contribution in [0.2, 0.25) is 5.02 Å². The quantitative estimate of drug-likeness (QED) is 0.589. The minimum absolute atomic E-state index is 0.163. The van der Waals surface area contributed by atoms with E-state index in [1.807, 2.05) is 13.8 Å². The smallest absolute Gasteiger partial charge is 0.251 e. The Morgan fingerprint density at radius 1 is 1.06 bits per heavy atom. The van der Waals surface area contributed by atoms with Gasteiger partial charge in [0.1, 0.15) is 11.9 Å². The zero-order chi connectivity index (χ0) is 24.9. The third kappa shape index (κ3) is 5.95. The lowest BCUT2D eigenvalue weighted by Crippen LogP contribution is -2.54. The highest BCUT2D eigenvalue weighted by molar-refractivity contribution is 7.89. The van der Waals surface area contributed by atoms with Crippen LogP contribution in [0.15, 0.2) is 53.4 Å². The second-order valence-corrected chi connectivity index (χ2v) is 10.5. The first kappa shape index (κ1) is 26.1. The predicted molar refractivity (Wildman–Crippen MR) is 129 cm³/mol. The van der Waals surface area contributed by atoms with E-state index in [9.17, 15) is 22.4 Å². The van der Waals surface area contributed by atoms with Crippen LogP contribution in [0, 0.1) is 11.7 Å². The van der Waals surface area contributed by atoms with Crippen LogP contribution in [-0.4, -0.2) is 61.7 Å². The van der Waals surface area contributed by atoms with Crippen molar-refractivity contribution in [1.29, 1.82) is 0 Å². The van der Waals surface area contributed by atoms with Crippen molar-refractivity contribution in [3.8, 4) is 0 Å². The molecule has 1 atom stereocenters. The molecule has 1 aliphatic rings. The van der Waals surface area contributed by atoms with Crippen LogP contribution >= 0.6 is 11.6 Å². The van der Waals surface area contributed by atoms with Crippen molar-refractivity contribution in [2.75, 3.05) is 26.2 Å². The lowest BCUT2D eigenvalue weighted by atomic mass is 9.89. The Bertz CT molecular complexity index is 1100. The number of carbonyl (C=O) groups is 2. The molecule has 184 valence electrons. The summed E-state index contributed by atoms with van der Waals surface area (Å²) in [7, 11) is -3.69. The molecular weight excluding hydrogens is 481 g/mol. The minimum atomic E-state index is -3.69. The average Bonchev–Trinajstić information content (AvgIpc) is 2.84. The number of nitrogens with zero attached hydrogens (tertiary/aromatic N) is 2. The Kier molecular flexibility index (Phi) is 8.67. The molecule has 0 spiro atoms. The van der Waals surface area contributed by atoms with E-state index in [-0.39, 0.29) is 35.4 Å². The lowest BCUT2D eigenvalue weighted by Gasteiger charge is -2.37. The summed E-state index contributed by atoms with van der Waals surface area (Å²) in [6.45, 7) is 5.15. The van der Waals surface area contributed by atoms with Gasteiger partial charge in [0.25, 0.3) is 5.91 Å². The van der Waals surface area contributed by atoms with E-state index >= 15 is 0 Å². The molecule has 0 aromatic heterocycles. The topological polar surface area (TPSA) is 86.8 Å². The fraction of sp³-hybridized carbons (Fsp3) is 0.417. The molecule has 10 heteroatoms. The summed E-state index contributed by atoms with van der Waals surface area (Å²) in [5.74, 6) is -1.38. The number of nitrogens with one attached hydrogen (secondary N) is 1. The van der Waals surface area contributed by atoms with Crippen molar-refractivity contribution in [3.63, 3.8) is 0 Å². The Balaban J connectivity index is 1.76. The van der Waals surface area contributed by atoms with Gasteiger partial charge in [0, 0.05) is 36.8 Å². The number of hydrogen-bond donors (Lipinski definition) is 1. The molecule has 2 aromatic carbocycles. The van der Waals surface area contributed by atoms with Crippen LogP contribution in [0.25, 0.3) is 0 Å². The van der Waals surface area contributed by atoms with E-state index < -0.39 is 27.8 Å². The molecule has 0 unspecified atom stereocenters. The van der Waals surface area contributed by atoms with Gasteiger partial charge >= 0.3 is 0 Å². The van der Waals surface area contributed by atoms with E-state index in [4.69, 9.17) is 11.6 Å². The molecule has 7 nitrogen and oxygen atoms in total. The number of halogens is 2. The molecule has 1 saturated heterocycles. The second-order valence-electron chi connectivity index (χ2n) is 8.16. The first-order valence-corrected chi connectivity index (χ1v) is 13.1. The number of amides is 2. The van der Waals surface area contributed by atoms with Gasteiger partial charge in [0.05, 0.1) is 4.90 Å². The van der Waals surface area contributed by atoms with Gasteiger partial charge in [-0.05, 0) is 81.1 Å². The highest BCUT2D eigenvalue weighted by atomic mass is 35.5. The van der Waals surface area contributed by atoms with Crippen molar-refractivity contribution < 1.29 is 22.4 Å². The molecule has 0 aliphatic carbocycles. The largest absolute Gasteiger partial charge is 0.341 e. The van der Waals surface area contributed by atoms with Crippen LogP contribution in [0.5, 0.6) is 0 Å². The summed E-state index contributed by atoms with van der Waals surface area (Å²) in [4.78, 5) is 27.9. The molecule has 1 aliphatic heterocycles. The third-order valence-corrected chi connectivity index (χ3v) is 8.32. The first-order valence-electron chi connectivity index (χ1n) is 11.3. The Morgan fingerprint density at radius 3 is 2.15 bits per heavy atom. The van der Waals surface area contributed by atoms with Gasteiger partial charge in [-0.25, -0.2) is 12.8 Å². The van der Waals surface area contributed by atoms with E-state index in [0.717, 1.165) is 0 Å². The summed E-state index contributed by atoms with van der Waals surface area (Å²) in [5, 5.41) is 3.28. The van der Waals surface area contributed by atoms with E-state index in [1.165, 1.54) is 52.8 Å². The zero-order valence-corrected chi connectivity index (χ0v) is 20.8. The third-order valence-electron chi connectivity index (χ3n) is 6.16. The van der Waals surface area contributed by atoms with Crippen LogP contribution < -0.4 is 5.32 Å². The number of carbonyl (C=O) groups excluding carboxylic acids is 2. The summed E-state index contributed by atoms with van der Waals surface area (Å²) >= 11 is 5.88. The van der Waals surface area contributed by atoms with Gasteiger partial charge in [0.15, 0.2) is 0 Å². The highest BCUT2D eigenvalue weighted by Gasteiger charge is 2.37. The Labute approximate surface area is 204 Å². The van der Waals surface area contributed by atoms with Crippen LogP contribution in [0.4, 0.5) is 4.39 Å². The minimum Gasteiger partial charge on any atom is -0.341 e. The van der Waals surface area contributed by atoms with Crippen molar-refractivity contribution in [3.05, 3.63) is 64.9 Å². The maximum absolute atomic E-state index is 13.3. The molecule has 1 fully saturated rings. The van der Waals surface area contributed by atoms with Gasteiger partial charge in [-0.1, -0.05) is 11.6 Å². The maximum Gasteiger partial charge on any atom is 0.251 e. The van der Waals surface area contributed by atoms with Crippen molar-refractivity contribution >= 4 is 33.4 Å². The van der Waals surface area contributed by atoms with Crippen molar-refractivity contribution in [1.82, 2.24) is 14.5 Å². The van der Waals surface area contributed by atoms with Crippen LogP contribution in [0.3, 0.4) is 0 Å². The molecule has 2 aromatic rings. The molecule has 2 amide bonds. The summed E-state index contributed by atoms with van der Waals surface area (Å²) in [5.41, 5.74) is 0.251. The van der Waals surface area contributed by atoms with E-state index in [2.05, 4.69) is 5.32 Å². The molecule has 0 saturated carbocycles. The molecule has 1 heterocycles. The number of hydrogen-bond acceptors (Lipinski definition) is 4. The van der Waals surface area contributed by atoms with Gasteiger partial charge in [0.2, 0.25) is 15.9 Å². The average molecular weight is 510 g/mol. The van der Waals surface area contributed by atoms with Gasteiger partial charge in [-0.3, -0.25) is 9.59 Å².